The first kappa shape index (κ1) is 15.0. The summed E-state index contributed by atoms with van der Waals surface area (Å²) in [5.41, 5.74) is 1.77. The summed E-state index contributed by atoms with van der Waals surface area (Å²) in [7, 11) is -0.398. The summed E-state index contributed by atoms with van der Waals surface area (Å²) in [5.74, 6) is 0.518. The smallest absolute Gasteiger partial charge is 0.0114 e. The van der Waals surface area contributed by atoms with Gasteiger partial charge in [-0.15, -0.1) is 0 Å². The monoisotopic (exact) mass is 304 g/mol. The SMILES string of the molecule is C=CC1=CC(C)C(P(c2ccccc2)c2ccccc2)C=C1. The molecule has 0 fully saturated rings. The zero-order valence-corrected chi connectivity index (χ0v) is 13.8. The van der Waals surface area contributed by atoms with E-state index in [2.05, 4.69) is 92.4 Å². The van der Waals surface area contributed by atoms with Crippen LogP contribution in [-0.4, -0.2) is 5.66 Å². The lowest BCUT2D eigenvalue weighted by Crippen LogP contribution is -2.26. The molecule has 0 bridgehead atoms. The molecule has 1 aliphatic rings. The quantitative estimate of drug-likeness (QED) is 0.711. The van der Waals surface area contributed by atoms with Crippen molar-refractivity contribution in [2.45, 2.75) is 12.6 Å². The van der Waals surface area contributed by atoms with Gasteiger partial charge in [-0.1, -0.05) is 98.5 Å². The van der Waals surface area contributed by atoms with Crippen molar-refractivity contribution < 1.29 is 0 Å². The summed E-state index contributed by atoms with van der Waals surface area (Å²) in [6, 6.07) is 21.9. The van der Waals surface area contributed by atoms with Gasteiger partial charge >= 0.3 is 0 Å². The molecule has 0 heterocycles. The average Bonchev–Trinajstić information content (AvgIpc) is 2.58. The summed E-state index contributed by atoms with van der Waals surface area (Å²) >= 11 is 0. The summed E-state index contributed by atoms with van der Waals surface area (Å²) in [5, 5.41) is 2.89. The van der Waals surface area contributed by atoms with Gasteiger partial charge in [0.1, 0.15) is 0 Å². The minimum Gasteiger partial charge on any atom is -0.0985 e. The summed E-state index contributed by atoms with van der Waals surface area (Å²) in [6.07, 6.45) is 8.89. The van der Waals surface area contributed by atoms with Crippen molar-refractivity contribution in [3.05, 3.63) is 97.1 Å². The molecule has 1 heteroatoms. The number of hydrogen-bond donors (Lipinski definition) is 0. The Balaban J connectivity index is 2.02. The third-order valence-corrected chi connectivity index (χ3v) is 7.03. The number of allylic oxidation sites excluding steroid dienone is 5. The van der Waals surface area contributed by atoms with Crippen LogP contribution in [0.5, 0.6) is 0 Å². The highest BCUT2D eigenvalue weighted by Gasteiger charge is 2.27. The van der Waals surface area contributed by atoms with Gasteiger partial charge in [0.25, 0.3) is 0 Å². The Kier molecular flexibility index (Phi) is 4.71. The van der Waals surface area contributed by atoms with Gasteiger partial charge < -0.3 is 0 Å². The third-order valence-electron chi connectivity index (χ3n) is 4.08. The molecule has 0 saturated heterocycles. The molecule has 0 N–H and O–H groups in total. The van der Waals surface area contributed by atoms with Gasteiger partial charge in [-0.2, -0.15) is 0 Å². The van der Waals surface area contributed by atoms with Crippen LogP contribution in [-0.2, 0) is 0 Å². The molecule has 2 unspecified atom stereocenters. The first-order valence-electron chi connectivity index (χ1n) is 7.71. The molecule has 2 atom stereocenters. The van der Waals surface area contributed by atoms with Crippen molar-refractivity contribution >= 4 is 18.5 Å². The number of hydrogen-bond acceptors (Lipinski definition) is 0. The molecular weight excluding hydrogens is 283 g/mol. The van der Waals surface area contributed by atoms with E-state index in [1.165, 1.54) is 16.2 Å². The molecule has 0 saturated carbocycles. The topological polar surface area (TPSA) is 0 Å². The maximum absolute atomic E-state index is 3.89. The molecule has 0 aliphatic heterocycles. The Morgan fingerprint density at radius 1 is 0.909 bits per heavy atom. The molecule has 1 aliphatic carbocycles. The highest BCUT2D eigenvalue weighted by atomic mass is 31.1. The van der Waals surface area contributed by atoms with Crippen LogP contribution in [0.4, 0.5) is 0 Å². The zero-order chi connectivity index (χ0) is 15.4. The lowest BCUT2D eigenvalue weighted by molar-refractivity contribution is 0.743. The van der Waals surface area contributed by atoms with Gasteiger partial charge in [0.05, 0.1) is 0 Å². The Morgan fingerprint density at radius 2 is 1.45 bits per heavy atom. The second-order valence-electron chi connectivity index (χ2n) is 5.62. The van der Waals surface area contributed by atoms with E-state index in [1.54, 1.807) is 0 Å². The lowest BCUT2D eigenvalue weighted by Gasteiger charge is -2.32. The molecule has 0 spiro atoms. The van der Waals surface area contributed by atoms with Gasteiger partial charge in [0, 0.05) is 5.66 Å². The Hall–Kier alpha value is -1.91. The molecule has 0 amide bonds. The summed E-state index contributed by atoms with van der Waals surface area (Å²) in [4.78, 5) is 0. The molecule has 2 aromatic rings. The normalized spacial score (nSPS) is 20.7. The zero-order valence-electron chi connectivity index (χ0n) is 12.9. The Bertz CT molecular complexity index is 643. The Labute approximate surface area is 134 Å². The first-order chi connectivity index (χ1) is 10.8. The summed E-state index contributed by atoms with van der Waals surface area (Å²) in [6.45, 7) is 6.21. The van der Waals surface area contributed by atoms with E-state index in [-0.39, 0.29) is 0 Å². The average molecular weight is 304 g/mol. The van der Waals surface area contributed by atoms with E-state index in [1.807, 2.05) is 6.08 Å². The predicted octanol–water partition coefficient (Wildman–Crippen LogP) is 4.81. The van der Waals surface area contributed by atoms with E-state index >= 15 is 0 Å². The largest absolute Gasteiger partial charge is 0.0985 e. The van der Waals surface area contributed by atoms with Crippen LogP contribution in [0.3, 0.4) is 0 Å². The van der Waals surface area contributed by atoms with Gasteiger partial charge in [0.2, 0.25) is 0 Å². The maximum atomic E-state index is 3.89. The number of rotatable bonds is 4. The summed E-state index contributed by atoms with van der Waals surface area (Å²) < 4.78 is 0. The fraction of sp³-hybridized carbons (Fsp3) is 0.143. The van der Waals surface area contributed by atoms with Crippen LogP contribution >= 0.6 is 7.92 Å². The molecular formula is C21H21P. The van der Waals surface area contributed by atoms with Gasteiger partial charge in [-0.25, -0.2) is 0 Å². The minimum absolute atomic E-state index is 0.398. The van der Waals surface area contributed by atoms with Crippen LogP contribution in [0.2, 0.25) is 0 Å². The van der Waals surface area contributed by atoms with Crippen molar-refractivity contribution in [2.24, 2.45) is 5.92 Å². The van der Waals surface area contributed by atoms with Crippen molar-refractivity contribution in [2.75, 3.05) is 0 Å². The standard InChI is InChI=1S/C21H21P/c1-3-18-14-15-21(17(2)16-18)22(19-10-6-4-7-11-19)20-12-8-5-9-13-20/h3-17,21H,1H2,2H3. The molecule has 3 rings (SSSR count). The lowest BCUT2D eigenvalue weighted by atomic mass is 9.97. The fourth-order valence-electron chi connectivity index (χ4n) is 2.97. The predicted molar refractivity (Wildman–Crippen MR) is 99.4 cm³/mol. The second kappa shape index (κ2) is 6.90. The van der Waals surface area contributed by atoms with Crippen LogP contribution < -0.4 is 10.6 Å². The van der Waals surface area contributed by atoms with Crippen LogP contribution in [0.1, 0.15) is 6.92 Å². The van der Waals surface area contributed by atoms with Crippen molar-refractivity contribution in [3.63, 3.8) is 0 Å². The molecule has 22 heavy (non-hydrogen) atoms. The van der Waals surface area contributed by atoms with Crippen molar-refractivity contribution in [1.82, 2.24) is 0 Å². The fourth-order valence-corrected chi connectivity index (χ4v) is 5.76. The maximum Gasteiger partial charge on any atom is 0.0114 e. The van der Waals surface area contributed by atoms with E-state index < -0.39 is 7.92 Å². The van der Waals surface area contributed by atoms with E-state index in [4.69, 9.17) is 0 Å². The number of benzene rings is 2. The van der Waals surface area contributed by atoms with Gasteiger partial charge in [-0.05, 0) is 30.0 Å². The molecule has 0 aromatic heterocycles. The van der Waals surface area contributed by atoms with E-state index in [0.717, 1.165) is 0 Å². The Morgan fingerprint density at radius 3 is 1.91 bits per heavy atom. The third kappa shape index (κ3) is 3.13. The highest BCUT2D eigenvalue weighted by molar-refractivity contribution is 7.73. The van der Waals surface area contributed by atoms with Gasteiger partial charge in [-0.3, -0.25) is 0 Å². The molecule has 0 radical (unpaired) electrons. The van der Waals surface area contributed by atoms with Crippen molar-refractivity contribution in [1.29, 1.82) is 0 Å². The molecule has 110 valence electrons. The van der Waals surface area contributed by atoms with Crippen LogP contribution in [0.25, 0.3) is 0 Å². The highest BCUT2D eigenvalue weighted by Crippen LogP contribution is 2.45. The van der Waals surface area contributed by atoms with E-state index in [0.29, 0.717) is 11.6 Å². The second-order valence-corrected chi connectivity index (χ2v) is 7.99. The van der Waals surface area contributed by atoms with Crippen molar-refractivity contribution in [3.8, 4) is 0 Å². The van der Waals surface area contributed by atoms with Crippen LogP contribution in [0, 0.1) is 5.92 Å². The molecule has 2 aromatic carbocycles. The minimum atomic E-state index is -0.398. The first-order valence-corrected chi connectivity index (χ1v) is 9.12. The van der Waals surface area contributed by atoms with E-state index in [9.17, 15) is 0 Å². The molecule has 0 nitrogen and oxygen atoms in total. The van der Waals surface area contributed by atoms with Crippen LogP contribution in [0.15, 0.2) is 97.1 Å². The van der Waals surface area contributed by atoms with Gasteiger partial charge in [0.15, 0.2) is 0 Å².